The molecule has 0 unspecified atom stereocenters. The Bertz CT molecular complexity index is 801. The van der Waals surface area contributed by atoms with Gasteiger partial charge in [-0.1, -0.05) is 29.8 Å². The molecule has 0 atom stereocenters. The third-order valence-electron chi connectivity index (χ3n) is 3.53. The lowest BCUT2D eigenvalue weighted by Gasteiger charge is -2.14. The topological polar surface area (TPSA) is 49.4 Å². The Balaban J connectivity index is 1.69. The number of carbonyl (C=O) groups excluding carboxylic acids is 2. The predicted octanol–water partition coefficient (Wildman–Crippen LogP) is 4.24. The maximum atomic E-state index is 12.9. The lowest BCUT2D eigenvalue weighted by atomic mass is 10.1. The summed E-state index contributed by atoms with van der Waals surface area (Å²) in [4.78, 5) is 25.9. The molecule has 6 heteroatoms. The van der Waals surface area contributed by atoms with Crippen LogP contribution >= 0.6 is 11.8 Å². The Morgan fingerprint density at radius 2 is 1.75 bits per heavy atom. The minimum Gasteiger partial charge on any atom is -0.367 e. The minimum absolute atomic E-state index is 0.0432. The molecule has 1 aliphatic rings. The molecule has 24 heavy (non-hydrogen) atoms. The zero-order valence-electron chi connectivity index (χ0n) is 13.0. The smallest absolute Gasteiger partial charge is 0.295 e. The van der Waals surface area contributed by atoms with Crippen LogP contribution in [0.5, 0.6) is 0 Å². The second-order valence-corrected chi connectivity index (χ2v) is 6.36. The highest BCUT2D eigenvalue weighted by Crippen LogP contribution is 2.32. The van der Waals surface area contributed by atoms with Gasteiger partial charge in [0.1, 0.15) is 5.82 Å². The van der Waals surface area contributed by atoms with Gasteiger partial charge in [0.15, 0.2) is 0 Å². The van der Waals surface area contributed by atoms with E-state index in [0.29, 0.717) is 10.6 Å². The molecule has 0 spiro atoms. The van der Waals surface area contributed by atoms with Crippen LogP contribution in [0.3, 0.4) is 0 Å². The van der Waals surface area contributed by atoms with Crippen molar-refractivity contribution in [3.05, 3.63) is 70.4 Å². The minimum atomic E-state index is -0.340. The number of anilines is 1. The van der Waals surface area contributed by atoms with Crippen molar-refractivity contribution in [1.82, 2.24) is 4.90 Å². The number of rotatable bonds is 4. The second-order valence-electron chi connectivity index (χ2n) is 5.36. The van der Waals surface area contributed by atoms with Gasteiger partial charge in [-0.15, -0.1) is 0 Å². The first-order valence-electron chi connectivity index (χ1n) is 7.34. The Kier molecular flexibility index (Phi) is 4.66. The van der Waals surface area contributed by atoms with Crippen molar-refractivity contribution < 1.29 is 14.0 Å². The average Bonchev–Trinajstić information content (AvgIpc) is 2.83. The number of nitrogens with one attached hydrogen (secondary N) is 1. The third-order valence-corrected chi connectivity index (χ3v) is 4.44. The molecule has 4 nitrogen and oxygen atoms in total. The van der Waals surface area contributed by atoms with E-state index in [2.05, 4.69) is 5.32 Å². The largest absolute Gasteiger partial charge is 0.367 e. The standard InChI is InChI=1S/C18H15FN2O2S/c1-12-2-4-13(5-3-12)10-16-17(22)21(18(23)24-16)11-20-15-8-6-14(19)7-9-15/h2-10,20H,11H2,1H3/b16-10+. The molecule has 2 aromatic rings. The summed E-state index contributed by atoms with van der Waals surface area (Å²) >= 11 is 0.917. The Labute approximate surface area is 143 Å². The van der Waals surface area contributed by atoms with E-state index >= 15 is 0 Å². The van der Waals surface area contributed by atoms with Crippen molar-refractivity contribution in [2.45, 2.75) is 6.92 Å². The number of imide groups is 1. The molecule has 122 valence electrons. The summed E-state index contributed by atoms with van der Waals surface area (Å²) in [6.45, 7) is 2.03. The monoisotopic (exact) mass is 342 g/mol. The average molecular weight is 342 g/mol. The molecule has 1 fully saturated rings. The molecule has 2 amide bonds. The lowest BCUT2D eigenvalue weighted by molar-refractivity contribution is -0.122. The molecular weight excluding hydrogens is 327 g/mol. The van der Waals surface area contributed by atoms with Gasteiger partial charge >= 0.3 is 0 Å². The van der Waals surface area contributed by atoms with E-state index in [1.807, 2.05) is 31.2 Å². The van der Waals surface area contributed by atoms with Crippen molar-refractivity contribution in [2.24, 2.45) is 0 Å². The van der Waals surface area contributed by atoms with Crippen LogP contribution in [0, 0.1) is 12.7 Å². The van der Waals surface area contributed by atoms with E-state index in [1.165, 1.54) is 12.1 Å². The summed E-state index contributed by atoms with van der Waals surface area (Å²) in [5, 5.41) is 2.62. The van der Waals surface area contributed by atoms with Gasteiger partial charge < -0.3 is 5.32 Å². The molecule has 2 aromatic carbocycles. The Morgan fingerprint density at radius 3 is 2.42 bits per heavy atom. The van der Waals surface area contributed by atoms with Crippen molar-refractivity contribution in [1.29, 1.82) is 0 Å². The maximum absolute atomic E-state index is 12.9. The maximum Gasteiger partial charge on any atom is 0.295 e. The van der Waals surface area contributed by atoms with Gasteiger partial charge in [-0.05, 0) is 54.6 Å². The second kappa shape index (κ2) is 6.88. The lowest BCUT2D eigenvalue weighted by Crippen LogP contribution is -2.33. The van der Waals surface area contributed by atoms with Crippen molar-refractivity contribution in [2.75, 3.05) is 12.0 Å². The van der Waals surface area contributed by atoms with Crippen LogP contribution in [0.4, 0.5) is 14.9 Å². The van der Waals surface area contributed by atoms with E-state index in [4.69, 9.17) is 0 Å². The molecule has 1 aliphatic heterocycles. The zero-order chi connectivity index (χ0) is 17.1. The van der Waals surface area contributed by atoms with Crippen molar-refractivity contribution in [3.8, 4) is 0 Å². The first kappa shape index (κ1) is 16.3. The SMILES string of the molecule is Cc1ccc(/C=C2/SC(=O)N(CNc3ccc(F)cc3)C2=O)cc1. The fourth-order valence-corrected chi connectivity index (χ4v) is 3.03. The summed E-state index contributed by atoms with van der Waals surface area (Å²) in [5.41, 5.74) is 2.64. The van der Waals surface area contributed by atoms with E-state index in [-0.39, 0.29) is 23.6 Å². The number of carbonyl (C=O) groups is 2. The third kappa shape index (κ3) is 3.65. The van der Waals surface area contributed by atoms with E-state index in [1.54, 1.807) is 18.2 Å². The zero-order valence-corrected chi connectivity index (χ0v) is 13.8. The van der Waals surface area contributed by atoms with Gasteiger partial charge in [0, 0.05) is 5.69 Å². The van der Waals surface area contributed by atoms with Crippen LogP contribution in [0.2, 0.25) is 0 Å². The van der Waals surface area contributed by atoms with Crippen LogP contribution in [-0.4, -0.2) is 22.7 Å². The van der Waals surface area contributed by atoms with Crippen molar-refractivity contribution >= 4 is 34.7 Å². The van der Waals surface area contributed by atoms with Gasteiger partial charge in [-0.25, -0.2) is 4.39 Å². The van der Waals surface area contributed by atoms with Crippen molar-refractivity contribution in [3.63, 3.8) is 0 Å². The summed E-state index contributed by atoms with van der Waals surface area (Å²) in [5.74, 6) is -0.673. The summed E-state index contributed by atoms with van der Waals surface area (Å²) < 4.78 is 12.9. The highest BCUT2D eigenvalue weighted by molar-refractivity contribution is 8.18. The fourth-order valence-electron chi connectivity index (χ4n) is 2.19. The van der Waals surface area contributed by atoms with Crippen LogP contribution < -0.4 is 5.32 Å². The molecule has 0 bridgehead atoms. The number of hydrogen-bond donors (Lipinski definition) is 1. The summed E-state index contributed by atoms with van der Waals surface area (Å²) in [7, 11) is 0. The Morgan fingerprint density at radius 1 is 1.08 bits per heavy atom. The first-order chi connectivity index (χ1) is 11.5. The van der Waals surface area contributed by atoms with E-state index in [9.17, 15) is 14.0 Å². The summed E-state index contributed by atoms with van der Waals surface area (Å²) in [6, 6.07) is 13.4. The van der Waals surface area contributed by atoms with E-state index in [0.717, 1.165) is 27.8 Å². The van der Waals surface area contributed by atoms with Gasteiger partial charge in [-0.3, -0.25) is 14.5 Å². The van der Waals surface area contributed by atoms with Gasteiger partial charge in [0.2, 0.25) is 0 Å². The van der Waals surface area contributed by atoms with Gasteiger partial charge in [-0.2, -0.15) is 0 Å². The highest BCUT2D eigenvalue weighted by atomic mass is 32.2. The highest BCUT2D eigenvalue weighted by Gasteiger charge is 2.34. The Hall–Kier alpha value is -2.60. The number of aryl methyl sites for hydroxylation is 1. The molecule has 3 rings (SSSR count). The predicted molar refractivity (Wildman–Crippen MR) is 93.9 cm³/mol. The first-order valence-corrected chi connectivity index (χ1v) is 8.16. The van der Waals surface area contributed by atoms with Crippen LogP contribution in [-0.2, 0) is 4.79 Å². The number of benzene rings is 2. The van der Waals surface area contributed by atoms with Gasteiger partial charge in [0.25, 0.3) is 11.1 Å². The van der Waals surface area contributed by atoms with Crippen LogP contribution in [0.15, 0.2) is 53.4 Å². The number of halogens is 1. The van der Waals surface area contributed by atoms with E-state index < -0.39 is 0 Å². The molecule has 0 radical (unpaired) electrons. The van der Waals surface area contributed by atoms with Crippen LogP contribution in [0.1, 0.15) is 11.1 Å². The molecule has 0 aromatic heterocycles. The van der Waals surface area contributed by atoms with Gasteiger partial charge in [0.05, 0.1) is 11.6 Å². The molecule has 0 aliphatic carbocycles. The molecule has 0 saturated carbocycles. The summed E-state index contributed by atoms with van der Waals surface area (Å²) in [6.07, 6.45) is 1.71. The number of amides is 2. The fraction of sp³-hybridized carbons (Fsp3) is 0.111. The number of thioether (sulfide) groups is 1. The molecule has 1 N–H and O–H groups in total. The number of nitrogens with zero attached hydrogens (tertiary/aromatic N) is 1. The molecule has 1 heterocycles. The quantitative estimate of drug-likeness (QED) is 0.845. The van der Waals surface area contributed by atoms with Crippen LogP contribution in [0.25, 0.3) is 6.08 Å². The molecular formula is C18H15FN2O2S. The normalized spacial score (nSPS) is 16.1. The number of hydrogen-bond acceptors (Lipinski definition) is 4. The molecule has 1 saturated heterocycles.